The zero-order chi connectivity index (χ0) is 11.5. The van der Waals surface area contributed by atoms with Crippen LogP contribution in [0.5, 0.6) is 0 Å². The van der Waals surface area contributed by atoms with E-state index in [0.717, 1.165) is 5.25 Å². The van der Waals surface area contributed by atoms with Gasteiger partial charge in [0.05, 0.1) is 0 Å². The lowest BCUT2D eigenvalue weighted by Crippen LogP contribution is -2.26. The first kappa shape index (κ1) is 12.0. The Kier molecular flexibility index (Phi) is 3.93. The Balaban J connectivity index is 2.28. The largest absolute Gasteiger partial charge is 0.312 e. The van der Waals surface area contributed by atoms with Crippen molar-refractivity contribution < 1.29 is 0 Å². The Morgan fingerprint density at radius 3 is 2.81 bits per heavy atom. The Morgan fingerprint density at radius 2 is 2.19 bits per heavy atom. The second-order valence-electron chi connectivity index (χ2n) is 4.61. The molecule has 1 aliphatic rings. The van der Waals surface area contributed by atoms with E-state index in [1.54, 1.807) is 0 Å². The maximum atomic E-state index is 3.51. The van der Waals surface area contributed by atoms with Crippen LogP contribution in [0.25, 0.3) is 0 Å². The monoisotopic (exact) mass is 235 g/mol. The molecule has 0 saturated carbocycles. The van der Waals surface area contributed by atoms with Gasteiger partial charge in [0.15, 0.2) is 0 Å². The first-order valence-electron chi connectivity index (χ1n) is 6.09. The molecule has 1 heterocycles. The smallest absolute Gasteiger partial charge is 0.0440 e. The van der Waals surface area contributed by atoms with Crippen molar-refractivity contribution in [3.63, 3.8) is 0 Å². The number of benzene rings is 1. The second-order valence-corrected chi connectivity index (χ2v) is 5.95. The van der Waals surface area contributed by atoms with Crippen molar-refractivity contribution in [1.82, 2.24) is 5.32 Å². The Hall–Kier alpha value is -0.470. The summed E-state index contributed by atoms with van der Waals surface area (Å²) in [5.41, 5.74) is 4.34. The van der Waals surface area contributed by atoms with Crippen LogP contribution in [0.4, 0.5) is 0 Å². The molecule has 1 saturated heterocycles. The normalized spacial score (nSPS) is 22.3. The minimum Gasteiger partial charge on any atom is -0.312 e. The summed E-state index contributed by atoms with van der Waals surface area (Å²) in [6.07, 6.45) is 2.72. The molecular weight excluding hydrogens is 214 g/mol. The number of thioether (sulfide) groups is 1. The molecule has 0 aliphatic carbocycles. The molecule has 2 unspecified atom stereocenters. The minimum absolute atomic E-state index is 0.521. The van der Waals surface area contributed by atoms with E-state index < -0.39 is 0 Å². The van der Waals surface area contributed by atoms with Gasteiger partial charge in [-0.25, -0.2) is 0 Å². The van der Waals surface area contributed by atoms with E-state index in [1.165, 1.54) is 35.3 Å². The molecule has 2 heteroatoms. The lowest BCUT2D eigenvalue weighted by Gasteiger charge is -2.25. The summed E-state index contributed by atoms with van der Waals surface area (Å²) in [7, 11) is 2.09. The molecule has 0 radical (unpaired) electrons. The summed E-state index contributed by atoms with van der Waals surface area (Å²) >= 11 is 2.12. The molecule has 1 N–H and O–H groups in total. The van der Waals surface area contributed by atoms with E-state index in [2.05, 4.69) is 56.2 Å². The fraction of sp³-hybridized carbons (Fsp3) is 0.571. The summed E-state index contributed by atoms with van der Waals surface area (Å²) < 4.78 is 0. The van der Waals surface area contributed by atoms with Crippen molar-refractivity contribution in [2.45, 2.75) is 38.0 Å². The maximum Gasteiger partial charge on any atom is 0.0440 e. The van der Waals surface area contributed by atoms with E-state index in [1.807, 2.05) is 0 Å². The van der Waals surface area contributed by atoms with E-state index >= 15 is 0 Å². The average Bonchev–Trinajstić information content (AvgIpc) is 2.79. The van der Waals surface area contributed by atoms with Crippen molar-refractivity contribution in [1.29, 1.82) is 0 Å². The highest BCUT2D eigenvalue weighted by molar-refractivity contribution is 8.00. The van der Waals surface area contributed by atoms with Crippen molar-refractivity contribution in [3.05, 3.63) is 34.9 Å². The molecule has 0 aromatic heterocycles. The van der Waals surface area contributed by atoms with Crippen LogP contribution in [0.3, 0.4) is 0 Å². The first-order chi connectivity index (χ1) is 7.74. The Bertz CT molecular complexity index is 356. The first-order valence-corrected chi connectivity index (χ1v) is 7.14. The van der Waals surface area contributed by atoms with Gasteiger partial charge in [-0.15, -0.1) is 0 Å². The summed E-state index contributed by atoms with van der Waals surface area (Å²) in [6, 6.07) is 7.18. The third kappa shape index (κ3) is 2.28. The zero-order valence-corrected chi connectivity index (χ0v) is 11.2. The number of nitrogens with one attached hydrogen (secondary N) is 1. The maximum absolute atomic E-state index is 3.51. The number of aryl methyl sites for hydroxylation is 1. The van der Waals surface area contributed by atoms with Crippen LogP contribution in [0.15, 0.2) is 18.2 Å². The van der Waals surface area contributed by atoms with Gasteiger partial charge in [0, 0.05) is 11.3 Å². The molecule has 0 spiro atoms. The highest BCUT2D eigenvalue weighted by Gasteiger charge is 2.26. The zero-order valence-electron chi connectivity index (χ0n) is 10.4. The summed E-state index contributed by atoms with van der Waals surface area (Å²) in [4.78, 5) is 0. The van der Waals surface area contributed by atoms with Gasteiger partial charge in [0.1, 0.15) is 0 Å². The quantitative estimate of drug-likeness (QED) is 0.861. The number of hydrogen-bond donors (Lipinski definition) is 1. The van der Waals surface area contributed by atoms with Gasteiger partial charge in [-0.3, -0.25) is 0 Å². The highest BCUT2D eigenvalue weighted by Crippen LogP contribution is 2.37. The third-order valence-electron chi connectivity index (χ3n) is 3.63. The van der Waals surface area contributed by atoms with Crippen LogP contribution in [0.2, 0.25) is 0 Å². The molecule has 1 aromatic rings. The summed E-state index contributed by atoms with van der Waals surface area (Å²) in [5, 5.41) is 4.26. The standard InChI is InChI=1S/C14H21NS/c1-10-6-4-7-12(11(10)2)14(15-3)13-8-5-9-16-13/h4,6-7,13-15H,5,8-9H2,1-3H3. The highest BCUT2D eigenvalue weighted by atomic mass is 32.2. The molecule has 1 fully saturated rings. The Morgan fingerprint density at radius 1 is 1.38 bits per heavy atom. The fourth-order valence-electron chi connectivity index (χ4n) is 2.52. The van der Waals surface area contributed by atoms with Gasteiger partial charge in [-0.05, 0) is 56.2 Å². The summed E-state index contributed by atoms with van der Waals surface area (Å²) in [5.74, 6) is 1.33. The predicted octanol–water partition coefficient (Wildman–Crippen LogP) is 3.46. The van der Waals surface area contributed by atoms with Crippen molar-refractivity contribution in [2.75, 3.05) is 12.8 Å². The van der Waals surface area contributed by atoms with Crippen LogP contribution in [-0.2, 0) is 0 Å². The average molecular weight is 235 g/mol. The molecule has 1 aliphatic heterocycles. The van der Waals surface area contributed by atoms with Crippen molar-refractivity contribution >= 4 is 11.8 Å². The fourth-order valence-corrected chi connectivity index (χ4v) is 3.96. The van der Waals surface area contributed by atoms with Gasteiger partial charge in [-0.1, -0.05) is 18.2 Å². The van der Waals surface area contributed by atoms with Crippen LogP contribution in [0.1, 0.15) is 35.6 Å². The molecule has 0 bridgehead atoms. The van der Waals surface area contributed by atoms with Crippen molar-refractivity contribution in [3.8, 4) is 0 Å². The predicted molar refractivity (Wildman–Crippen MR) is 73.2 cm³/mol. The molecule has 1 aromatic carbocycles. The van der Waals surface area contributed by atoms with Crippen LogP contribution in [0, 0.1) is 13.8 Å². The van der Waals surface area contributed by atoms with E-state index in [-0.39, 0.29) is 0 Å². The molecule has 0 amide bonds. The van der Waals surface area contributed by atoms with Gasteiger partial charge in [0.25, 0.3) is 0 Å². The van der Waals surface area contributed by atoms with Crippen molar-refractivity contribution in [2.24, 2.45) is 0 Å². The molecule has 1 nitrogen and oxygen atoms in total. The summed E-state index contributed by atoms with van der Waals surface area (Å²) in [6.45, 7) is 4.45. The van der Waals surface area contributed by atoms with E-state index in [4.69, 9.17) is 0 Å². The lowest BCUT2D eigenvalue weighted by molar-refractivity contribution is 0.549. The topological polar surface area (TPSA) is 12.0 Å². The number of hydrogen-bond acceptors (Lipinski definition) is 2. The van der Waals surface area contributed by atoms with Gasteiger partial charge >= 0.3 is 0 Å². The molecule has 2 rings (SSSR count). The van der Waals surface area contributed by atoms with E-state index in [9.17, 15) is 0 Å². The van der Waals surface area contributed by atoms with Gasteiger partial charge < -0.3 is 5.32 Å². The van der Waals surface area contributed by atoms with E-state index in [0.29, 0.717) is 6.04 Å². The molecular formula is C14H21NS. The molecule has 88 valence electrons. The van der Waals surface area contributed by atoms with Crippen LogP contribution in [-0.4, -0.2) is 18.1 Å². The van der Waals surface area contributed by atoms with Gasteiger partial charge in [-0.2, -0.15) is 11.8 Å². The second kappa shape index (κ2) is 5.24. The Labute approximate surface area is 103 Å². The van der Waals surface area contributed by atoms with Crippen LogP contribution < -0.4 is 5.32 Å². The minimum atomic E-state index is 0.521. The molecule has 16 heavy (non-hydrogen) atoms. The third-order valence-corrected chi connectivity index (χ3v) is 5.09. The van der Waals surface area contributed by atoms with Crippen LogP contribution >= 0.6 is 11.8 Å². The lowest BCUT2D eigenvalue weighted by atomic mass is 9.94. The molecule has 2 atom stereocenters. The SMILES string of the molecule is CNC(c1cccc(C)c1C)C1CCCS1. The van der Waals surface area contributed by atoms with Gasteiger partial charge in [0.2, 0.25) is 0 Å². The number of rotatable bonds is 3.